The second kappa shape index (κ2) is 6.49. The van der Waals surface area contributed by atoms with Gasteiger partial charge in [-0.25, -0.2) is 4.98 Å². The van der Waals surface area contributed by atoms with Crippen molar-refractivity contribution in [2.24, 2.45) is 5.10 Å². The molecule has 0 saturated carbocycles. The highest BCUT2D eigenvalue weighted by Crippen LogP contribution is 2.32. The molecule has 0 aliphatic heterocycles. The molecule has 112 valence electrons. The van der Waals surface area contributed by atoms with Crippen LogP contribution in [0.25, 0.3) is 10.2 Å². The van der Waals surface area contributed by atoms with Gasteiger partial charge in [-0.3, -0.25) is 5.43 Å². The minimum atomic E-state index is 0.138. The predicted octanol–water partition coefficient (Wildman–Crippen LogP) is 4.06. The maximum atomic E-state index is 9.81. The molecule has 1 aromatic heterocycles. The minimum Gasteiger partial charge on any atom is -0.504 e. The zero-order chi connectivity index (χ0) is 15.5. The fraction of sp³-hybridized carbons (Fsp3) is 0.0667. The molecule has 22 heavy (non-hydrogen) atoms. The molecule has 0 aliphatic carbocycles. The second-order valence-electron chi connectivity index (χ2n) is 4.41. The molecule has 0 spiro atoms. The van der Waals surface area contributed by atoms with Crippen LogP contribution in [-0.4, -0.2) is 23.4 Å². The van der Waals surface area contributed by atoms with Gasteiger partial charge in [-0.1, -0.05) is 23.5 Å². The van der Waals surface area contributed by atoms with E-state index in [0.717, 1.165) is 20.9 Å². The first-order chi connectivity index (χ1) is 10.7. The van der Waals surface area contributed by atoms with Crippen LogP contribution in [0, 0.1) is 3.57 Å². The summed E-state index contributed by atoms with van der Waals surface area (Å²) >= 11 is 3.59. The first-order valence-electron chi connectivity index (χ1n) is 6.38. The van der Waals surface area contributed by atoms with Gasteiger partial charge < -0.3 is 9.84 Å². The first kappa shape index (κ1) is 15.0. The van der Waals surface area contributed by atoms with Crippen LogP contribution >= 0.6 is 33.9 Å². The molecule has 1 heterocycles. The second-order valence-corrected chi connectivity index (χ2v) is 6.60. The average molecular weight is 425 g/mol. The molecule has 0 saturated heterocycles. The lowest BCUT2D eigenvalue weighted by Crippen LogP contribution is -1.93. The summed E-state index contributed by atoms with van der Waals surface area (Å²) in [6.45, 7) is 0. The SMILES string of the molecule is COc1cc(/C=N/Nc2nc3ccccc3s2)cc(I)c1O. The lowest BCUT2D eigenvalue weighted by molar-refractivity contribution is 0.371. The largest absolute Gasteiger partial charge is 0.504 e. The van der Waals surface area contributed by atoms with E-state index in [2.05, 4.69) is 15.5 Å². The van der Waals surface area contributed by atoms with Crippen molar-refractivity contribution >= 4 is 55.5 Å². The third-order valence-corrected chi connectivity index (χ3v) is 4.70. The Morgan fingerprint density at radius 1 is 1.36 bits per heavy atom. The molecule has 5 nitrogen and oxygen atoms in total. The van der Waals surface area contributed by atoms with Crippen molar-refractivity contribution in [3.63, 3.8) is 0 Å². The number of methoxy groups -OCH3 is 1. The van der Waals surface area contributed by atoms with Crippen molar-refractivity contribution in [1.29, 1.82) is 0 Å². The Bertz CT molecular complexity index is 815. The number of phenols is 1. The van der Waals surface area contributed by atoms with Gasteiger partial charge in [0.1, 0.15) is 0 Å². The van der Waals surface area contributed by atoms with Gasteiger partial charge in [0.2, 0.25) is 5.13 Å². The highest BCUT2D eigenvalue weighted by Gasteiger charge is 2.07. The maximum Gasteiger partial charge on any atom is 0.204 e. The average Bonchev–Trinajstić information content (AvgIpc) is 2.93. The van der Waals surface area contributed by atoms with Gasteiger partial charge in [-0.2, -0.15) is 5.10 Å². The van der Waals surface area contributed by atoms with Crippen LogP contribution in [-0.2, 0) is 0 Å². The molecule has 0 fully saturated rings. The van der Waals surface area contributed by atoms with E-state index < -0.39 is 0 Å². The summed E-state index contributed by atoms with van der Waals surface area (Å²) in [7, 11) is 1.52. The Kier molecular flexibility index (Phi) is 4.44. The van der Waals surface area contributed by atoms with Crippen LogP contribution < -0.4 is 10.2 Å². The highest BCUT2D eigenvalue weighted by atomic mass is 127. The number of hydrogen-bond donors (Lipinski definition) is 2. The smallest absolute Gasteiger partial charge is 0.204 e. The number of rotatable bonds is 4. The van der Waals surface area contributed by atoms with E-state index in [9.17, 15) is 5.11 Å². The van der Waals surface area contributed by atoms with Crippen molar-refractivity contribution in [2.45, 2.75) is 0 Å². The maximum absolute atomic E-state index is 9.81. The number of nitrogens with one attached hydrogen (secondary N) is 1. The summed E-state index contributed by atoms with van der Waals surface area (Å²) in [4.78, 5) is 4.44. The van der Waals surface area contributed by atoms with Crippen molar-refractivity contribution in [3.8, 4) is 11.5 Å². The molecule has 0 amide bonds. The normalized spacial score (nSPS) is 11.2. The van der Waals surface area contributed by atoms with Crippen LogP contribution in [0.15, 0.2) is 41.5 Å². The van der Waals surface area contributed by atoms with Crippen molar-refractivity contribution in [3.05, 3.63) is 45.5 Å². The van der Waals surface area contributed by atoms with Crippen molar-refractivity contribution in [2.75, 3.05) is 12.5 Å². The summed E-state index contributed by atoms with van der Waals surface area (Å²) in [6.07, 6.45) is 1.66. The zero-order valence-electron chi connectivity index (χ0n) is 11.6. The number of hydrogen-bond acceptors (Lipinski definition) is 6. The standard InChI is InChI=1S/C15H12IN3O2S/c1-21-12-7-9(6-10(16)14(12)20)8-17-19-15-18-11-4-2-3-5-13(11)22-15/h2-8,20H,1H3,(H,18,19)/b17-8+. The van der Waals surface area contributed by atoms with E-state index in [1.165, 1.54) is 7.11 Å². The van der Waals surface area contributed by atoms with Crippen LogP contribution in [0.1, 0.15) is 5.56 Å². The zero-order valence-corrected chi connectivity index (χ0v) is 14.6. The number of ether oxygens (including phenoxy) is 1. The molecule has 0 radical (unpaired) electrons. The Hall–Kier alpha value is -1.87. The monoisotopic (exact) mass is 425 g/mol. The Morgan fingerprint density at radius 3 is 2.95 bits per heavy atom. The van der Waals surface area contributed by atoms with Gasteiger partial charge in [0, 0.05) is 0 Å². The topological polar surface area (TPSA) is 66.7 Å². The van der Waals surface area contributed by atoms with Crippen molar-refractivity contribution in [1.82, 2.24) is 4.98 Å². The number of nitrogens with zero attached hydrogens (tertiary/aromatic N) is 2. The summed E-state index contributed by atoms with van der Waals surface area (Å²) in [5, 5.41) is 14.7. The van der Waals surface area contributed by atoms with Gasteiger partial charge in [0.15, 0.2) is 11.5 Å². The van der Waals surface area contributed by atoms with Gasteiger partial charge in [0.25, 0.3) is 0 Å². The van der Waals surface area contributed by atoms with Crippen LogP contribution in [0.4, 0.5) is 5.13 Å². The molecule has 0 atom stereocenters. The molecular weight excluding hydrogens is 413 g/mol. The van der Waals surface area contributed by atoms with E-state index in [4.69, 9.17) is 4.74 Å². The van der Waals surface area contributed by atoms with E-state index in [1.54, 1.807) is 23.6 Å². The van der Waals surface area contributed by atoms with E-state index in [-0.39, 0.29) is 5.75 Å². The number of hydrazone groups is 1. The molecule has 0 bridgehead atoms. The summed E-state index contributed by atoms with van der Waals surface area (Å²) in [6, 6.07) is 11.5. The van der Waals surface area contributed by atoms with Gasteiger partial charge in [0.05, 0.1) is 27.1 Å². The summed E-state index contributed by atoms with van der Waals surface area (Å²) in [5.74, 6) is 0.563. The fourth-order valence-corrected chi connectivity index (χ4v) is 3.35. The molecule has 0 aliphatic rings. The van der Waals surface area contributed by atoms with E-state index in [0.29, 0.717) is 9.32 Å². The number of phenolic OH excluding ortho intramolecular Hbond substituents is 1. The lowest BCUT2D eigenvalue weighted by atomic mass is 10.2. The molecule has 3 rings (SSSR count). The number of thiazole rings is 1. The Labute approximate surface area is 144 Å². The number of aromatic hydroxyl groups is 1. The number of aromatic nitrogens is 1. The number of fused-ring (bicyclic) bond motifs is 1. The Balaban J connectivity index is 1.78. The van der Waals surface area contributed by atoms with E-state index in [1.807, 2.05) is 52.9 Å². The quantitative estimate of drug-likeness (QED) is 0.376. The van der Waals surface area contributed by atoms with Crippen LogP contribution in [0.3, 0.4) is 0 Å². The number of benzene rings is 2. The summed E-state index contributed by atoms with van der Waals surface area (Å²) in [5.41, 5.74) is 4.70. The highest BCUT2D eigenvalue weighted by molar-refractivity contribution is 14.1. The third-order valence-electron chi connectivity index (χ3n) is 2.94. The molecule has 3 aromatic rings. The third kappa shape index (κ3) is 3.14. The molecule has 7 heteroatoms. The lowest BCUT2D eigenvalue weighted by Gasteiger charge is -2.06. The molecule has 0 unspecified atom stereocenters. The van der Waals surface area contributed by atoms with Gasteiger partial charge >= 0.3 is 0 Å². The van der Waals surface area contributed by atoms with Gasteiger partial charge in [-0.05, 0) is 52.4 Å². The minimum absolute atomic E-state index is 0.138. The Morgan fingerprint density at radius 2 is 2.18 bits per heavy atom. The number of para-hydroxylation sites is 1. The summed E-state index contributed by atoms with van der Waals surface area (Å²) < 4.78 is 6.94. The molecule has 2 aromatic carbocycles. The van der Waals surface area contributed by atoms with Crippen molar-refractivity contribution < 1.29 is 9.84 Å². The number of anilines is 1. The van der Waals surface area contributed by atoms with Crippen LogP contribution in [0.2, 0.25) is 0 Å². The predicted molar refractivity (Wildman–Crippen MR) is 98.2 cm³/mol. The first-order valence-corrected chi connectivity index (χ1v) is 8.28. The fourth-order valence-electron chi connectivity index (χ4n) is 1.91. The number of halogens is 1. The van der Waals surface area contributed by atoms with Crippen LogP contribution in [0.5, 0.6) is 11.5 Å². The van der Waals surface area contributed by atoms with Gasteiger partial charge in [-0.15, -0.1) is 0 Å². The molecule has 2 N–H and O–H groups in total. The molecular formula is C15H12IN3O2S. The van der Waals surface area contributed by atoms with E-state index >= 15 is 0 Å².